The fourth-order valence-corrected chi connectivity index (χ4v) is 3.71. The lowest BCUT2D eigenvalue weighted by molar-refractivity contribution is -0.113. The van der Waals surface area contributed by atoms with Crippen LogP contribution in [0.15, 0.2) is 41.6 Å². The number of ether oxygens (including phenoxy) is 3. The van der Waals surface area contributed by atoms with E-state index in [0.717, 1.165) is 11.8 Å². The number of halogens is 2. The zero-order valence-electron chi connectivity index (χ0n) is 18.8. The fourth-order valence-electron chi connectivity index (χ4n) is 2.81. The number of nitrogens with zero attached hydrogens (tertiary/aromatic N) is 3. The molecule has 0 spiro atoms. The van der Waals surface area contributed by atoms with Crippen LogP contribution in [0.25, 0.3) is 0 Å². The largest absolute Gasteiger partial charge is 0.486 e. The van der Waals surface area contributed by atoms with Gasteiger partial charge >= 0.3 is 11.9 Å². The molecule has 0 aliphatic heterocycles. The Balaban J connectivity index is 1.64. The monoisotopic (exact) mass is 522 g/mol. The Morgan fingerprint density at radius 2 is 1.83 bits per heavy atom. The molecule has 0 saturated carbocycles. The summed E-state index contributed by atoms with van der Waals surface area (Å²) < 4.78 is 29.9. The van der Waals surface area contributed by atoms with Crippen molar-refractivity contribution in [2.75, 3.05) is 25.3 Å². The summed E-state index contributed by atoms with van der Waals surface area (Å²) >= 11 is 6.85. The normalized spacial score (nSPS) is 10.5. The topological polar surface area (TPSA) is 122 Å². The molecule has 1 heterocycles. The van der Waals surface area contributed by atoms with Crippen LogP contribution in [0.5, 0.6) is 5.75 Å². The highest BCUT2D eigenvalue weighted by Gasteiger charge is 2.18. The van der Waals surface area contributed by atoms with Crippen LogP contribution in [0.1, 0.15) is 26.5 Å². The average Bonchev–Trinajstić information content (AvgIpc) is 3.21. The zero-order chi connectivity index (χ0) is 25.5. The van der Waals surface area contributed by atoms with Crippen molar-refractivity contribution < 1.29 is 33.0 Å². The van der Waals surface area contributed by atoms with Gasteiger partial charge in [0.1, 0.15) is 18.2 Å². The first-order chi connectivity index (χ1) is 16.7. The number of benzene rings is 2. The third kappa shape index (κ3) is 6.49. The molecule has 2 aromatic carbocycles. The SMILES string of the molecule is COC(=O)c1ccc(C(=O)OC)c(NC(=O)CSc2nnc(COc3ccc(F)c(Cl)c3)n2C)c1. The highest BCUT2D eigenvalue weighted by Crippen LogP contribution is 2.23. The summed E-state index contributed by atoms with van der Waals surface area (Å²) in [5.41, 5.74) is 0.344. The molecule has 0 radical (unpaired) electrons. The summed E-state index contributed by atoms with van der Waals surface area (Å²) in [6, 6.07) is 8.08. The van der Waals surface area contributed by atoms with E-state index in [-0.39, 0.29) is 34.2 Å². The van der Waals surface area contributed by atoms with E-state index in [1.54, 1.807) is 11.6 Å². The zero-order valence-corrected chi connectivity index (χ0v) is 20.4. The number of carbonyl (C=O) groups excluding carboxylic acids is 3. The van der Waals surface area contributed by atoms with Crippen LogP contribution < -0.4 is 10.1 Å². The number of esters is 2. The highest BCUT2D eigenvalue weighted by atomic mass is 35.5. The standard InChI is InChI=1S/C22H20ClFN4O6S/c1-28-18(10-34-13-5-7-16(24)15(23)9-13)26-27-22(28)35-11-19(29)25-17-8-12(20(30)32-2)4-6-14(17)21(31)33-3/h4-9H,10-11H2,1-3H3,(H,25,29). The highest BCUT2D eigenvalue weighted by molar-refractivity contribution is 7.99. The number of carbonyl (C=O) groups is 3. The van der Waals surface area contributed by atoms with Crippen molar-refractivity contribution in [2.24, 2.45) is 7.05 Å². The third-order valence-electron chi connectivity index (χ3n) is 4.64. The summed E-state index contributed by atoms with van der Waals surface area (Å²) in [5.74, 6) is -1.54. The molecule has 13 heteroatoms. The molecule has 0 fully saturated rings. The molecular weight excluding hydrogens is 503 g/mol. The molecule has 10 nitrogen and oxygen atoms in total. The number of hydrogen-bond donors (Lipinski definition) is 1. The summed E-state index contributed by atoms with van der Waals surface area (Å²) in [6.07, 6.45) is 0. The van der Waals surface area contributed by atoms with Gasteiger partial charge < -0.3 is 24.1 Å². The Morgan fingerprint density at radius 1 is 1.09 bits per heavy atom. The average molecular weight is 523 g/mol. The maximum absolute atomic E-state index is 13.3. The second-order valence-corrected chi connectivity index (χ2v) is 8.25. The van der Waals surface area contributed by atoms with Crippen molar-refractivity contribution in [3.8, 4) is 5.75 Å². The van der Waals surface area contributed by atoms with Crippen LogP contribution in [-0.2, 0) is 27.9 Å². The smallest absolute Gasteiger partial charge is 0.339 e. The summed E-state index contributed by atoms with van der Waals surface area (Å²) in [4.78, 5) is 36.4. The first-order valence-electron chi connectivity index (χ1n) is 9.93. The maximum Gasteiger partial charge on any atom is 0.339 e. The van der Waals surface area contributed by atoms with Gasteiger partial charge in [-0.05, 0) is 30.3 Å². The minimum atomic E-state index is -0.676. The molecule has 3 rings (SSSR count). The lowest BCUT2D eigenvalue weighted by atomic mass is 10.1. The van der Waals surface area contributed by atoms with Crippen molar-refractivity contribution in [1.29, 1.82) is 0 Å². The van der Waals surface area contributed by atoms with Crippen LogP contribution >= 0.6 is 23.4 Å². The summed E-state index contributed by atoms with van der Waals surface area (Å²) in [7, 11) is 4.13. The van der Waals surface area contributed by atoms with Gasteiger partial charge in [-0.3, -0.25) is 4.79 Å². The van der Waals surface area contributed by atoms with Crippen LogP contribution in [0.2, 0.25) is 5.02 Å². The van der Waals surface area contributed by atoms with Gasteiger partial charge in [0.05, 0.1) is 41.8 Å². The van der Waals surface area contributed by atoms with Gasteiger partial charge in [0, 0.05) is 13.1 Å². The second kappa shape index (κ2) is 11.7. The van der Waals surface area contributed by atoms with Gasteiger partial charge in [-0.1, -0.05) is 23.4 Å². The molecule has 0 bridgehead atoms. The second-order valence-electron chi connectivity index (χ2n) is 6.90. The Kier molecular flexibility index (Phi) is 8.66. The fraction of sp³-hybridized carbons (Fsp3) is 0.227. The number of anilines is 1. The van der Waals surface area contributed by atoms with Crippen LogP contribution in [0.4, 0.5) is 10.1 Å². The van der Waals surface area contributed by atoms with E-state index in [2.05, 4.69) is 20.3 Å². The van der Waals surface area contributed by atoms with Gasteiger partial charge in [-0.25, -0.2) is 14.0 Å². The predicted octanol–water partition coefficient (Wildman–Crippen LogP) is 3.49. The van der Waals surface area contributed by atoms with Gasteiger partial charge in [-0.15, -0.1) is 10.2 Å². The molecule has 1 amide bonds. The van der Waals surface area contributed by atoms with Crippen LogP contribution in [0, 0.1) is 5.82 Å². The Hall–Kier alpha value is -3.64. The molecular formula is C22H20ClFN4O6S. The number of amides is 1. The molecule has 0 aliphatic rings. The predicted molar refractivity (Wildman–Crippen MR) is 125 cm³/mol. The van der Waals surface area contributed by atoms with Crippen molar-refractivity contribution in [3.05, 3.63) is 64.2 Å². The molecule has 3 aromatic rings. The summed E-state index contributed by atoms with van der Waals surface area (Å²) in [6.45, 7) is 0.0427. The molecule has 0 unspecified atom stereocenters. The Bertz CT molecular complexity index is 1270. The van der Waals surface area contributed by atoms with Gasteiger partial charge in [0.15, 0.2) is 11.0 Å². The van der Waals surface area contributed by atoms with E-state index in [4.69, 9.17) is 21.1 Å². The van der Waals surface area contributed by atoms with E-state index in [9.17, 15) is 18.8 Å². The van der Waals surface area contributed by atoms with Gasteiger partial charge in [0.25, 0.3) is 0 Å². The quantitative estimate of drug-likeness (QED) is 0.332. The van der Waals surface area contributed by atoms with E-state index in [1.165, 1.54) is 50.6 Å². The van der Waals surface area contributed by atoms with E-state index >= 15 is 0 Å². The number of methoxy groups -OCH3 is 2. The molecule has 1 N–H and O–H groups in total. The first-order valence-corrected chi connectivity index (χ1v) is 11.3. The maximum atomic E-state index is 13.3. The molecule has 0 saturated heterocycles. The van der Waals surface area contributed by atoms with E-state index in [0.29, 0.717) is 16.7 Å². The summed E-state index contributed by atoms with van der Waals surface area (Å²) in [5, 5.41) is 11.1. The van der Waals surface area contributed by atoms with Crippen LogP contribution in [-0.4, -0.2) is 52.6 Å². The molecule has 184 valence electrons. The van der Waals surface area contributed by atoms with E-state index < -0.39 is 23.7 Å². The van der Waals surface area contributed by atoms with Crippen molar-refractivity contribution in [1.82, 2.24) is 14.8 Å². The number of aromatic nitrogens is 3. The lowest BCUT2D eigenvalue weighted by Crippen LogP contribution is -2.18. The number of hydrogen-bond acceptors (Lipinski definition) is 9. The number of thioether (sulfide) groups is 1. The number of rotatable bonds is 9. The molecule has 1 aromatic heterocycles. The van der Waals surface area contributed by atoms with Crippen LogP contribution in [0.3, 0.4) is 0 Å². The molecule has 0 aliphatic carbocycles. The minimum absolute atomic E-state index is 0.0427. The van der Waals surface area contributed by atoms with E-state index in [1.807, 2.05) is 0 Å². The molecule has 35 heavy (non-hydrogen) atoms. The Labute approximate surface area is 208 Å². The van der Waals surface area contributed by atoms with Gasteiger partial charge in [-0.2, -0.15) is 0 Å². The first kappa shape index (κ1) is 26.0. The minimum Gasteiger partial charge on any atom is -0.486 e. The van der Waals surface area contributed by atoms with Crippen molar-refractivity contribution in [3.63, 3.8) is 0 Å². The number of nitrogens with one attached hydrogen (secondary N) is 1. The van der Waals surface area contributed by atoms with Crippen molar-refractivity contribution >= 4 is 46.9 Å². The molecule has 0 atom stereocenters. The third-order valence-corrected chi connectivity index (χ3v) is 5.95. The lowest BCUT2D eigenvalue weighted by Gasteiger charge is -2.11. The van der Waals surface area contributed by atoms with Crippen molar-refractivity contribution in [2.45, 2.75) is 11.8 Å². The Morgan fingerprint density at radius 3 is 2.51 bits per heavy atom. The van der Waals surface area contributed by atoms with Gasteiger partial charge in [0.2, 0.25) is 5.91 Å².